The topological polar surface area (TPSA) is 78.4 Å². The third-order valence-corrected chi connectivity index (χ3v) is 3.05. The minimum atomic E-state index is -1.03. The van der Waals surface area contributed by atoms with Crippen molar-refractivity contribution in [2.75, 3.05) is 5.32 Å². The summed E-state index contributed by atoms with van der Waals surface area (Å²) in [6, 6.07) is 6.09. The molecule has 5 heteroatoms. The quantitative estimate of drug-likeness (QED) is 0.774. The Morgan fingerprint density at radius 3 is 2.20 bits per heavy atom. The van der Waals surface area contributed by atoms with Gasteiger partial charge in [0.05, 0.1) is 0 Å². The van der Waals surface area contributed by atoms with Crippen LogP contribution in [0, 0.1) is 5.92 Å². The summed E-state index contributed by atoms with van der Waals surface area (Å²) in [5, 5.41) is 14.3. The molecule has 1 aromatic carbocycles. The van der Waals surface area contributed by atoms with Crippen LogP contribution in [0.15, 0.2) is 24.3 Å². The lowest BCUT2D eigenvalue weighted by molar-refractivity contribution is -0.140. The van der Waals surface area contributed by atoms with Gasteiger partial charge in [-0.3, -0.25) is 0 Å². The van der Waals surface area contributed by atoms with E-state index in [1.54, 1.807) is 19.9 Å². The average Bonchev–Trinajstić information content (AvgIpc) is 2.35. The molecule has 0 spiro atoms. The third kappa shape index (κ3) is 4.26. The predicted octanol–water partition coefficient (Wildman–Crippen LogP) is 3.04. The molecule has 20 heavy (non-hydrogen) atoms. The minimum Gasteiger partial charge on any atom is -0.480 e. The van der Waals surface area contributed by atoms with Crippen molar-refractivity contribution in [1.29, 1.82) is 0 Å². The number of hydrogen-bond donors (Lipinski definition) is 3. The number of carboxylic acid groups (broad SMARTS) is 1. The molecule has 1 atom stereocenters. The third-order valence-electron chi connectivity index (χ3n) is 3.05. The van der Waals surface area contributed by atoms with Gasteiger partial charge in [-0.05, 0) is 23.5 Å². The Morgan fingerprint density at radius 2 is 1.70 bits per heavy atom. The zero-order valence-corrected chi connectivity index (χ0v) is 12.3. The second-order valence-electron chi connectivity index (χ2n) is 5.40. The van der Waals surface area contributed by atoms with E-state index < -0.39 is 18.0 Å². The fourth-order valence-electron chi connectivity index (χ4n) is 1.93. The van der Waals surface area contributed by atoms with E-state index in [-0.39, 0.29) is 11.8 Å². The first-order chi connectivity index (χ1) is 9.32. The van der Waals surface area contributed by atoms with E-state index in [2.05, 4.69) is 10.6 Å². The van der Waals surface area contributed by atoms with E-state index in [1.165, 1.54) is 0 Å². The molecule has 0 fully saturated rings. The van der Waals surface area contributed by atoms with Gasteiger partial charge in [0.15, 0.2) is 0 Å². The molecule has 0 saturated carbocycles. The summed E-state index contributed by atoms with van der Waals surface area (Å²) in [4.78, 5) is 23.0. The van der Waals surface area contributed by atoms with Crippen molar-refractivity contribution < 1.29 is 14.7 Å². The van der Waals surface area contributed by atoms with Crippen molar-refractivity contribution in [1.82, 2.24) is 5.32 Å². The molecule has 0 aromatic heterocycles. The normalized spacial score (nSPS) is 12.3. The Bertz CT molecular complexity index is 484. The second-order valence-corrected chi connectivity index (χ2v) is 5.40. The van der Waals surface area contributed by atoms with E-state index in [9.17, 15) is 9.59 Å². The highest BCUT2D eigenvalue weighted by molar-refractivity contribution is 5.93. The van der Waals surface area contributed by atoms with Gasteiger partial charge in [-0.25, -0.2) is 9.59 Å². The van der Waals surface area contributed by atoms with Gasteiger partial charge in [0.2, 0.25) is 0 Å². The van der Waals surface area contributed by atoms with Crippen molar-refractivity contribution >= 4 is 17.7 Å². The van der Waals surface area contributed by atoms with E-state index >= 15 is 0 Å². The molecule has 0 radical (unpaired) electrons. The molecular weight excluding hydrogens is 256 g/mol. The molecule has 0 bridgehead atoms. The number of urea groups is 1. The molecule has 5 nitrogen and oxygen atoms in total. The van der Waals surface area contributed by atoms with Crippen LogP contribution in [0.1, 0.15) is 39.2 Å². The Kier molecular flexibility index (Phi) is 5.55. The lowest BCUT2D eigenvalue weighted by atomic mass is 10.0. The molecule has 1 unspecified atom stereocenters. The summed E-state index contributed by atoms with van der Waals surface area (Å²) in [6.07, 6.45) is 0. The Hall–Kier alpha value is -2.04. The average molecular weight is 278 g/mol. The Balaban J connectivity index is 2.79. The van der Waals surface area contributed by atoms with Crippen LogP contribution in [-0.4, -0.2) is 23.1 Å². The summed E-state index contributed by atoms with van der Waals surface area (Å²) >= 11 is 0. The summed E-state index contributed by atoms with van der Waals surface area (Å²) in [6.45, 7) is 7.57. The fourth-order valence-corrected chi connectivity index (χ4v) is 1.93. The monoisotopic (exact) mass is 278 g/mol. The number of nitrogens with one attached hydrogen (secondary N) is 2. The number of carbonyl (C=O) groups excluding carboxylic acids is 1. The van der Waals surface area contributed by atoms with Crippen LogP contribution in [0.5, 0.6) is 0 Å². The molecule has 3 N–H and O–H groups in total. The number of hydrogen-bond acceptors (Lipinski definition) is 2. The number of carbonyl (C=O) groups is 2. The van der Waals surface area contributed by atoms with Crippen molar-refractivity contribution in [2.24, 2.45) is 5.92 Å². The van der Waals surface area contributed by atoms with Gasteiger partial charge in [0.25, 0.3) is 0 Å². The van der Waals surface area contributed by atoms with Crippen molar-refractivity contribution in [3.05, 3.63) is 29.8 Å². The molecule has 110 valence electrons. The highest BCUT2D eigenvalue weighted by atomic mass is 16.4. The summed E-state index contributed by atoms with van der Waals surface area (Å²) < 4.78 is 0. The predicted molar refractivity (Wildman–Crippen MR) is 78.9 cm³/mol. The zero-order valence-electron chi connectivity index (χ0n) is 12.3. The lowest BCUT2D eigenvalue weighted by Gasteiger charge is -2.19. The highest BCUT2D eigenvalue weighted by Gasteiger charge is 2.23. The molecule has 0 aliphatic carbocycles. The first-order valence-electron chi connectivity index (χ1n) is 6.72. The smallest absolute Gasteiger partial charge is 0.326 e. The van der Waals surface area contributed by atoms with Crippen LogP contribution in [0.25, 0.3) is 0 Å². The maximum atomic E-state index is 11.9. The lowest BCUT2D eigenvalue weighted by Crippen LogP contribution is -2.46. The van der Waals surface area contributed by atoms with Crippen LogP contribution in [0.4, 0.5) is 10.5 Å². The van der Waals surface area contributed by atoms with Crippen LogP contribution < -0.4 is 10.6 Å². The van der Waals surface area contributed by atoms with Crippen molar-refractivity contribution in [3.63, 3.8) is 0 Å². The molecule has 1 aromatic rings. The maximum Gasteiger partial charge on any atom is 0.326 e. The molecule has 0 heterocycles. The van der Waals surface area contributed by atoms with E-state index in [0.29, 0.717) is 5.69 Å². The Morgan fingerprint density at radius 1 is 1.10 bits per heavy atom. The van der Waals surface area contributed by atoms with Crippen molar-refractivity contribution in [2.45, 2.75) is 39.7 Å². The molecule has 2 amide bonds. The van der Waals surface area contributed by atoms with Gasteiger partial charge >= 0.3 is 12.0 Å². The number of rotatable bonds is 5. The van der Waals surface area contributed by atoms with Crippen LogP contribution in [-0.2, 0) is 4.79 Å². The standard InChI is InChI=1S/C15H22N2O3/c1-9(2)11-7-5-6-8-12(11)16-15(20)17-13(10(3)4)14(18)19/h5-10,13H,1-4H3,(H,18,19)(H2,16,17,20). The number of carboxylic acids is 1. The molecular formula is C15H22N2O3. The first kappa shape index (κ1) is 16.0. The van der Waals surface area contributed by atoms with E-state index in [4.69, 9.17) is 5.11 Å². The number of benzene rings is 1. The Labute approximate surface area is 119 Å². The van der Waals surface area contributed by atoms with Gasteiger partial charge in [0.1, 0.15) is 6.04 Å². The van der Waals surface area contributed by atoms with E-state index in [0.717, 1.165) is 5.56 Å². The summed E-state index contributed by atoms with van der Waals surface area (Å²) in [7, 11) is 0. The highest BCUT2D eigenvalue weighted by Crippen LogP contribution is 2.23. The van der Waals surface area contributed by atoms with E-state index in [1.807, 2.05) is 32.0 Å². The number of amides is 2. The zero-order chi connectivity index (χ0) is 15.3. The first-order valence-corrected chi connectivity index (χ1v) is 6.72. The summed E-state index contributed by atoms with van der Waals surface area (Å²) in [5.74, 6) is -0.947. The largest absolute Gasteiger partial charge is 0.480 e. The van der Waals surface area contributed by atoms with Crippen LogP contribution in [0.2, 0.25) is 0 Å². The minimum absolute atomic E-state index is 0.182. The van der Waals surface area contributed by atoms with Gasteiger partial charge in [-0.15, -0.1) is 0 Å². The molecule has 0 aliphatic rings. The maximum absolute atomic E-state index is 11.9. The van der Waals surface area contributed by atoms with Crippen molar-refractivity contribution in [3.8, 4) is 0 Å². The number of para-hydroxylation sites is 1. The van der Waals surface area contributed by atoms with Crippen LogP contribution in [0.3, 0.4) is 0 Å². The van der Waals surface area contributed by atoms with Gasteiger partial charge in [-0.2, -0.15) is 0 Å². The fraction of sp³-hybridized carbons (Fsp3) is 0.467. The number of aliphatic carboxylic acids is 1. The number of anilines is 1. The second kappa shape index (κ2) is 6.93. The molecule has 0 aliphatic heterocycles. The summed E-state index contributed by atoms with van der Waals surface area (Å²) in [5.41, 5.74) is 1.71. The molecule has 1 rings (SSSR count). The van der Waals surface area contributed by atoms with Crippen LogP contribution >= 0.6 is 0 Å². The molecule has 0 saturated heterocycles. The van der Waals surface area contributed by atoms with Gasteiger partial charge < -0.3 is 15.7 Å². The SMILES string of the molecule is CC(C)c1ccccc1NC(=O)NC(C(=O)O)C(C)C. The van der Waals surface area contributed by atoms with Gasteiger partial charge in [0, 0.05) is 5.69 Å². The van der Waals surface area contributed by atoms with Gasteiger partial charge in [-0.1, -0.05) is 45.9 Å².